The molecule has 0 saturated carbocycles. The van der Waals surface area contributed by atoms with Gasteiger partial charge in [-0.15, -0.1) is 5.41 Å². The van der Waals surface area contributed by atoms with E-state index in [1.165, 1.54) is 6.42 Å². The Hall–Kier alpha value is -0.0400. The van der Waals surface area contributed by atoms with Gasteiger partial charge in [-0.3, -0.25) is 0 Å². The Bertz CT molecular complexity index is 95.4. The molecule has 0 bridgehead atoms. The van der Waals surface area contributed by atoms with Crippen LogP contribution in [0.25, 0.3) is 0 Å². The van der Waals surface area contributed by atoms with E-state index >= 15 is 0 Å². The summed E-state index contributed by atoms with van der Waals surface area (Å²) in [6.45, 7) is 11.3. The fourth-order valence-corrected chi connectivity index (χ4v) is 1.19. The van der Waals surface area contributed by atoms with Crippen LogP contribution in [0, 0.1) is 11.3 Å². The van der Waals surface area contributed by atoms with Crippen molar-refractivity contribution in [2.75, 3.05) is 7.05 Å². The summed E-state index contributed by atoms with van der Waals surface area (Å²) in [4.78, 5) is 0. The summed E-state index contributed by atoms with van der Waals surface area (Å²) in [5.41, 5.74) is 0.323. The van der Waals surface area contributed by atoms with Crippen molar-refractivity contribution in [1.29, 1.82) is 0 Å². The van der Waals surface area contributed by atoms with Crippen LogP contribution in [0.2, 0.25) is 0 Å². The van der Waals surface area contributed by atoms with E-state index in [-0.39, 0.29) is 0 Å². The first-order valence-corrected chi connectivity index (χ1v) is 4.47. The van der Waals surface area contributed by atoms with Crippen LogP contribution < -0.4 is 5.32 Å². The molecule has 0 spiro atoms. The molecule has 0 aliphatic rings. The van der Waals surface area contributed by atoms with Crippen LogP contribution >= 0.6 is 0 Å². The molecule has 1 atom stereocenters. The van der Waals surface area contributed by atoms with Crippen LogP contribution in [0.15, 0.2) is 0 Å². The van der Waals surface area contributed by atoms with Crippen molar-refractivity contribution >= 4 is 0 Å². The van der Waals surface area contributed by atoms with Crippen molar-refractivity contribution in [2.45, 2.75) is 47.1 Å². The predicted octanol–water partition coefficient (Wildman–Crippen LogP) is 2.62. The van der Waals surface area contributed by atoms with Gasteiger partial charge in [0.05, 0.1) is 0 Å². The number of nitrogens with one attached hydrogen (secondary N) is 1. The third-order valence-electron chi connectivity index (χ3n) is 3.15. The lowest BCUT2D eigenvalue weighted by atomic mass is 9.73. The monoisotopic (exact) mass is 156 g/mol. The third kappa shape index (κ3) is 2.48. The van der Waals surface area contributed by atoms with Crippen LogP contribution in [-0.4, -0.2) is 13.1 Å². The van der Waals surface area contributed by atoms with Crippen molar-refractivity contribution in [3.63, 3.8) is 0 Å². The fraction of sp³-hybridized carbons (Fsp3) is 0.900. The van der Waals surface area contributed by atoms with Crippen LogP contribution in [0.1, 0.15) is 41.0 Å². The van der Waals surface area contributed by atoms with E-state index < -0.39 is 0 Å². The molecule has 0 aromatic carbocycles. The predicted molar refractivity (Wildman–Crippen MR) is 51.5 cm³/mol. The number of hydrogen-bond donors (Lipinski definition) is 1. The average molecular weight is 156 g/mol. The molecule has 0 heterocycles. The summed E-state index contributed by atoms with van der Waals surface area (Å²) in [6, 6.07) is 0.558. The Morgan fingerprint density at radius 2 is 1.91 bits per heavy atom. The van der Waals surface area contributed by atoms with Gasteiger partial charge < -0.3 is 11.2 Å². The molecule has 1 N–H and O–H groups in total. The Labute approximate surface area is 71.6 Å². The normalized spacial score (nSPS) is 15.5. The molecule has 0 amide bonds. The first-order valence-electron chi connectivity index (χ1n) is 4.47. The molecule has 1 nitrogen and oxygen atoms in total. The maximum Gasteiger partial charge on any atom is -0.0163 e. The van der Waals surface area contributed by atoms with Crippen LogP contribution in [0.4, 0.5) is 0 Å². The minimum atomic E-state index is 0.323. The molecule has 1 unspecified atom stereocenters. The van der Waals surface area contributed by atoms with E-state index in [0.29, 0.717) is 11.5 Å². The second-order valence-electron chi connectivity index (χ2n) is 3.87. The summed E-state index contributed by atoms with van der Waals surface area (Å²) in [6.07, 6.45) is 1.18. The fourth-order valence-electron chi connectivity index (χ4n) is 1.19. The zero-order valence-corrected chi connectivity index (χ0v) is 8.78. The smallest absolute Gasteiger partial charge is 0.0163 e. The van der Waals surface area contributed by atoms with Crippen LogP contribution in [0.3, 0.4) is 0 Å². The molecular formula is C10H22N-. The van der Waals surface area contributed by atoms with E-state index in [1.54, 1.807) is 5.92 Å². The van der Waals surface area contributed by atoms with Gasteiger partial charge in [0.15, 0.2) is 0 Å². The highest BCUT2D eigenvalue weighted by molar-refractivity contribution is 5.02. The van der Waals surface area contributed by atoms with Gasteiger partial charge in [0, 0.05) is 0 Å². The highest BCUT2D eigenvalue weighted by atomic mass is 14.9. The second kappa shape index (κ2) is 4.10. The molecule has 0 aliphatic carbocycles. The molecule has 68 valence electrons. The maximum atomic E-state index is 3.30. The first kappa shape index (κ1) is 11.0. The molecule has 0 fully saturated rings. The quantitative estimate of drug-likeness (QED) is 0.617. The lowest BCUT2D eigenvalue weighted by Crippen LogP contribution is -2.40. The van der Waals surface area contributed by atoms with E-state index in [9.17, 15) is 0 Å². The Morgan fingerprint density at radius 3 is 2.18 bits per heavy atom. The zero-order valence-electron chi connectivity index (χ0n) is 8.78. The van der Waals surface area contributed by atoms with Crippen LogP contribution in [-0.2, 0) is 0 Å². The molecular weight excluding hydrogens is 134 g/mol. The number of rotatable bonds is 4. The van der Waals surface area contributed by atoms with E-state index in [1.807, 2.05) is 7.05 Å². The molecule has 0 aromatic heterocycles. The molecule has 0 aromatic rings. The minimum Gasteiger partial charge on any atom is -0.319 e. The standard InChI is InChI=1S/C10H22N/c1-7-8(2)10(4,5)9(3)11-6/h9,11H,7H2,1-6H3/q-1. The summed E-state index contributed by atoms with van der Waals surface area (Å²) >= 11 is 0. The van der Waals surface area contributed by atoms with Gasteiger partial charge in [-0.25, -0.2) is 0 Å². The maximum absolute atomic E-state index is 3.30. The topological polar surface area (TPSA) is 12.0 Å². The van der Waals surface area contributed by atoms with Gasteiger partial charge in [-0.05, 0) is 13.1 Å². The van der Waals surface area contributed by atoms with E-state index in [2.05, 4.69) is 39.9 Å². The highest BCUT2D eigenvalue weighted by Gasteiger charge is 2.18. The van der Waals surface area contributed by atoms with E-state index in [4.69, 9.17) is 0 Å². The highest BCUT2D eigenvalue weighted by Crippen LogP contribution is 2.33. The Kier molecular flexibility index (Phi) is 4.09. The summed E-state index contributed by atoms with van der Waals surface area (Å²) < 4.78 is 0. The van der Waals surface area contributed by atoms with Crippen molar-refractivity contribution in [1.82, 2.24) is 5.32 Å². The first-order chi connectivity index (χ1) is 4.96. The third-order valence-corrected chi connectivity index (χ3v) is 3.15. The van der Waals surface area contributed by atoms with Crippen LogP contribution in [0.5, 0.6) is 0 Å². The van der Waals surface area contributed by atoms with E-state index in [0.717, 1.165) is 0 Å². The minimum absolute atomic E-state index is 0.323. The summed E-state index contributed by atoms with van der Waals surface area (Å²) in [5.74, 6) is 1.57. The average Bonchev–Trinajstić information content (AvgIpc) is 2.01. The molecule has 11 heavy (non-hydrogen) atoms. The van der Waals surface area contributed by atoms with Gasteiger partial charge in [-0.2, -0.15) is 13.3 Å². The van der Waals surface area contributed by atoms with Crippen molar-refractivity contribution in [3.8, 4) is 0 Å². The van der Waals surface area contributed by atoms with Crippen molar-refractivity contribution in [3.05, 3.63) is 5.92 Å². The van der Waals surface area contributed by atoms with Gasteiger partial charge in [0.1, 0.15) is 0 Å². The Balaban J connectivity index is 4.18. The summed E-state index contributed by atoms with van der Waals surface area (Å²) in [7, 11) is 2.02. The van der Waals surface area contributed by atoms with Crippen molar-refractivity contribution in [2.24, 2.45) is 5.41 Å². The Morgan fingerprint density at radius 1 is 1.45 bits per heavy atom. The SMILES string of the molecule is CC[C-](C)C(C)(C)C(C)NC. The summed E-state index contributed by atoms with van der Waals surface area (Å²) in [5, 5.41) is 3.30. The molecule has 0 radical (unpaired) electrons. The largest absolute Gasteiger partial charge is 0.319 e. The van der Waals surface area contributed by atoms with Gasteiger partial charge in [-0.1, -0.05) is 27.7 Å². The lowest BCUT2D eigenvalue weighted by molar-refractivity contribution is 0.277. The molecule has 0 aliphatic heterocycles. The molecule has 1 heteroatoms. The second-order valence-corrected chi connectivity index (χ2v) is 3.87. The molecule has 0 saturated heterocycles. The van der Waals surface area contributed by atoms with Gasteiger partial charge in [0.25, 0.3) is 0 Å². The number of hydrogen-bond acceptors (Lipinski definition) is 1. The molecule has 0 rings (SSSR count). The van der Waals surface area contributed by atoms with Gasteiger partial charge in [0.2, 0.25) is 0 Å². The lowest BCUT2D eigenvalue weighted by Gasteiger charge is -2.48. The zero-order chi connectivity index (χ0) is 9.07. The van der Waals surface area contributed by atoms with Crippen molar-refractivity contribution < 1.29 is 0 Å². The van der Waals surface area contributed by atoms with Gasteiger partial charge >= 0.3 is 0 Å².